The van der Waals surface area contributed by atoms with Gasteiger partial charge in [0.05, 0.1) is 43.4 Å². The highest BCUT2D eigenvalue weighted by atomic mass is 16.5. The van der Waals surface area contributed by atoms with Crippen molar-refractivity contribution in [3.8, 4) is 0 Å². The van der Waals surface area contributed by atoms with Gasteiger partial charge in [0.15, 0.2) is 0 Å². The van der Waals surface area contributed by atoms with Crippen molar-refractivity contribution >= 4 is 5.91 Å². The average Bonchev–Trinajstić information content (AvgIpc) is 3.17. The molecule has 1 fully saturated rings. The van der Waals surface area contributed by atoms with Crippen LogP contribution in [0.15, 0.2) is 16.9 Å². The summed E-state index contributed by atoms with van der Waals surface area (Å²) in [6, 6.07) is -0.206. The van der Waals surface area contributed by atoms with Gasteiger partial charge in [-0.3, -0.25) is 4.79 Å². The fourth-order valence-electron chi connectivity index (χ4n) is 2.66. The summed E-state index contributed by atoms with van der Waals surface area (Å²) in [6.45, 7) is 5.25. The summed E-state index contributed by atoms with van der Waals surface area (Å²) >= 11 is 0. The molecule has 1 amide bonds. The maximum Gasteiger partial charge on any atom is 0.243 e. The van der Waals surface area contributed by atoms with Gasteiger partial charge >= 0.3 is 0 Å². The number of rotatable bonds is 6. The molecule has 9 nitrogen and oxygen atoms in total. The molecule has 0 unspecified atom stereocenters. The van der Waals surface area contributed by atoms with Gasteiger partial charge in [-0.2, -0.15) is 15.0 Å². The Morgan fingerprint density at radius 2 is 2.21 bits per heavy atom. The number of amides is 1. The van der Waals surface area contributed by atoms with Gasteiger partial charge in [0, 0.05) is 12.2 Å². The third kappa shape index (κ3) is 3.98. The summed E-state index contributed by atoms with van der Waals surface area (Å²) in [7, 11) is 0. The molecule has 0 spiro atoms. The van der Waals surface area contributed by atoms with Crippen LogP contribution >= 0.6 is 0 Å². The number of nitrogens with one attached hydrogen (secondary N) is 1. The Bertz CT molecular complexity index is 650. The standard InChI is InChI=1S/C15H21N5O4/c1-10-12(11(2)24-19-10)8-23-14-3-6-22-9-13(14)18-15(21)7-20-16-4-5-17-20/h4-5,13-14H,3,6-9H2,1-2H3,(H,18,21)/t13-,14+/m1/s1. The van der Waals surface area contributed by atoms with Crippen LogP contribution < -0.4 is 5.32 Å². The van der Waals surface area contributed by atoms with Crippen molar-refractivity contribution in [1.29, 1.82) is 0 Å². The fraction of sp³-hybridized carbons (Fsp3) is 0.600. The van der Waals surface area contributed by atoms with E-state index >= 15 is 0 Å². The molecule has 1 aliphatic rings. The van der Waals surface area contributed by atoms with Crippen LogP contribution in [-0.4, -0.2) is 51.4 Å². The maximum atomic E-state index is 12.1. The molecule has 3 rings (SSSR count). The Morgan fingerprint density at radius 1 is 1.42 bits per heavy atom. The second-order valence-corrected chi connectivity index (χ2v) is 5.75. The summed E-state index contributed by atoms with van der Waals surface area (Å²) in [5, 5.41) is 14.7. The number of hydrogen-bond acceptors (Lipinski definition) is 7. The zero-order valence-corrected chi connectivity index (χ0v) is 13.8. The second kappa shape index (κ2) is 7.54. The summed E-state index contributed by atoms with van der Waals surface area (Å²) in [6.07, 6.45) is 3.66. The Balaban J connectivity index is 1.56. The largest absolute Gasteiger partial charge is 0.379 e. The Kier molecular flexibility index (Phi) is 5.21. The van der Waals surface area contributed by atoms with Crippen molar-refractivity contribution in [1.82, 2.24) is 25.5 Å². The molecule has 1 N–H and O–H groups in total. The molecule has 24 heavy (non-hydrogen) atoms. The highest BCUT2D eigenvalue weighted by molar-refractivity contribution is 5.75. The van der Waals surface area contributed by atoms with E-state index in [4.69, 9.17) is 14.0 Å². The molecule has 2 aromatic heterocycles. The van der Waals surface area contributed by atoms with Gasteiger partial charge in [-0.15, -0.1) is 0 Å². The highest BCUT2D eigenvalue weighted by Crippen LogP contribution is 2.18. The van der Waals surface area contributed by atoms with Crippen molar-refractivity contribution < 1.29 is 18.8 Å². The first-order valence-electron chi connectivity index (χ1n) is 7.88. The van der Waals surface area contributed by atoms with E-state index in [1.807, 2.05) is 13.8 Å². The molecule has 0 aliphatic carbocycles. The van der Waals surface area contributed by atoms with Crippen LogP contribution in [0.5, 0.6) is 0 Å². The number of hydrogen-bond donors (Lipinski definition) is 1. The van der Waals surface area contributed by atoms with Gasteiger partial charge in [-0.25, -0.2) is 0 Å². The van der Waals surface area contributed by atoms with Gasteiger partial charge in [0.2, 0.25) is 5.91 Å². The van der Waals surface area contributed by atoms with Crippen molar-refractivity contribution in [2.45, 2.75) is 45.6 Å². The predicted octanol–water partition coefficient (Wildman–Crippen LogP) is 0.373. The summed E-state index contributed by atoms with van der Waals surface area (Å²) in [4.78, 5) is 13.4. The molecule has 0 aromatic carbocycles. The lowest BCUT2D eigenvalue weighted by Gasteiger charge is -2.32. The molecule has 3 heterocycles. The lowest BCUT2D eigenvalue weighted by molar-refractivity contribution is -0.127. The molecule has 1 aliphatic heterocycles. The molecule has 0 bridgehead atoms. The molecule has 0 saturated carbocycles. The molecule has 130 valence electrons. The van der Waals surface area contributed by atoms with E-state index in [1.165, 1.54) is 17.2 Å². The van der Waals surface area contributed by atoms with Crippen molar-refractivity contribution in [3.63, 3.8) is 0 Å². The summed E-state index contributed by atoms with van der Waals surface area (Å²) in [5.41, 5.74) is 1.78. The monoisotopic (exact) mass is 335 g/mol. The van der Waals surface area contributed by atoms with E-state index < -0.39 is 0 Å². The van der Waals surface area contributed by atoms with E-state index in [0.717, 1.165) is 17.0 Å². The fourth-order valence-corrected chi connectivity index (χ4v) is 2.66. The number of aromatic nitrogens is 4. The molecule has 0 radical (unpaired) electrons. The topological polar surface area (TPSA) is 104 Å². The zero-order valence-electron chi connectivity index (χ0n) is 13.8. The second-order valence-electron chi connectivity index (χ2n) is 5.75. The van der Waals surface area contributed by atoms with E-state index in [2.05, 4.69) is 20.7 Å². The first kappa shape index (κ1) is 16.6. The number of ether oxygens (including phenoxy) is 2. The minimum atomic E-state index is -0.206. The first-order valence-corrected chi connectivity index (χ1v) is 7.88. The molecular weight excluding hydrogens is 314 g/mol. The Morgan fingerprint density at radius 3 is 2.92 bits per heavy atom. The number of carbonyl (C=O) groups excluding carboxylic acids is 1. The normalized spacial score (nSPS) is 20.9. The third-order valence-corrected chi connectivity index (χ3v) is 4.01. The highest BCUT2D eigenvalue weighted by Gasteiger charge is 2.28. The van der Waals surface area contributed by atoms with Crippen molar-refractivity contribution in [2.24, 2.45) is 0 Å². The van der Waals surface area contributed by atoms with Gasteiger partial charge in [-0.1, -0.05) is 5.16 Å². The van der Waals surface area contributed by atoms with Gasteiger partial charge in [0.1, 0.15) is 12.3 Å². The maximum absolute atomic E-state index is 12.1. The van der Waals surface area contributed by atoms with E-state index in [9.17, 15) is 4.79 Å². The third-order valence-electron chi connectivity index (χ3n) is 4.01. The van der Waals surface area contributed by atoms with Gasteiger partial charge in [0.25, 0.3) is 0 Å². The first-order chi connectivity index (χ1) is 11.6. The summed E-state index contributed by atoms with van der Waals surface area (Å²) in [5.74, 6) is 0.581. The molecular formula is C15H21N5O4. The SMILES string of the molecule is Cc1noc(C)c1CO[C@H]1CCOC[C@H]1NC(=O)Cn1nccn1. The number of aryl methyl sites for hydroxylation is 2. The van der Waals surface area contributed by atoms with E-state index in [0.29, 0.717) is 26.2 Å². The molecule has 9 heteroatoms. The summed E-state index contributed by atoms with van der Waals surface area (Å²) < 4.78 is 16.6. The van der Waals surface area contributed by atoms with Gasteiger partial charge < -0.3 is 19.3 Å². The van der Waals surface area contributed by atoms with Crippen LogP contribution in [0.1, 0.15) is 23.4 Å². The Labute approximate surface area is 139 Å². The quantitative estimate of drug-likeness (QED) is 0.813. The average molecular weight is 335 g/mol. The molecule has 2 atom stereocenters. The zero-order chi connectivity index (χ0) is 16.9. The smallest absolute Gasteiger partial charge is 0.243 e. The van der Waals surface area contributed by atoms with Crippen LogP contribution in [0.25, 0.3) is 0 Å². The Hall–Kier alpha value is -2.26. The number of nitrogens with zero attached hydrogens (tertiary/aromatic N) is 4. The minimum absolute atomic E-state index is 0.0695. The van der Waals surface area contributed by atoms with E-state index in [1.54, 1.807) is 0 Å². The molecule has 1 saturated heterocycles. The van der Waals surface area contributed by atoms with Gasteiger partial charge in [-0.05, 0) is 20.3 Å². The van der Waals surface area contributed by atoms with Crippen LogP contribution in [0.2, 0.25) is 0 Å². The predicted molar refractivity (Wildman–Crippen MR) is 81.9 cm³/mol. The van der Waals surface area contributed by atoms with Crippen molar-refractivity contribution in [3.05, 3.63) is 29.4 Å². The lowest BCUT2D eigenvalue weighted by Crippen LogP contribution is -2.51. The lowest BCUT2D eigenvalue weighted by atomic mass is 10.1. The number of carbonyl (C=O) groups is 1. The minimum Gasteiger partial charge on any atom is -0.379 e. The van der Waals surface area contributed by atoms with E-state index in [-0.39, 0.29) is 24.6 Å². The van der Waals surface area contributed by atoms with Crippen LogP contribution in [0, 0.1) is 13.8 Å². The van der Waals surface area contributed by atoms with Crippen molar-refractivity contribution in [2.75, 3.05) is 13.2 Å². The van der Waals surface area contributed by atoms with Crippen LogP contribution in [-0.2, 0) is 27.4 Å². The van der Waals surface area contributed by atoms with Crippen LogP contribution in [0.3, 0.4) is 0 Å². The van der Waals surface area contributed by atoms with Crippen LogP contribution in [0.4, 0.5) is 0 Å². The molecule has 2 aromatic rings.